The number of rotatable bonds is 9. The average molecular weight is 267 g/mol. The number of nitrogens with zero attached hydrogens (tertiary/aromatic N) is 2. The molecule has 4 heteroatoms. The molecule has 1 rings (SSSR count). The summed E-state index contributed by atoms with van der Waals surface area (Å²) >= 11 is 0. The van der Waals surface area contributed by atoms with Crippen molar-refractivity contribution in [1.29, 1.82) is 0 Å². The first kappa shape index (κ1) is 15.7. The second kappa shape index (κ2) is 7.97. The molecule has 0 unspecified atom stereocenters. The van der Waals surface area contributed by atoms with E-state index in [1.807, 2.05) is 10.8 Å². The van der Waals surface area contributed by atoms with Gasteiger partial charge >= 0.3 is 5.97 Å². The maximum Gasteiger partial charge on any atom is 0.346 e. The topological polar surface area (TPSA) is 46.1 Å². The number of hydrogen-bond acceptors (Lipinski definition) is 1. The van der Waals surface area contributed by atoms with Crippen LogP contribution in [0.1, 0.15) is 57.5 Å². The molecule has 0 spiro atoms. The normalized spacial score (nSPS) is 10.9. The van der Waals surface area contributed by atoms with Crippen LogP contribution in [0.5, 0.6) is 0 Å². The monoisotopic (exact) mass is 267 g/mol. The van der Waals surface area contributed by atoms with Crippen LogP contribution in [0.2, 0.25) is 0 Å². The maximum absolute atomic E-state index is 10.9. The van der Waals surface area contributed by atoms with Crippen molar-refractivity contribution < 1.29 is 14.5 Å². The van der Waals surface area contributed by atoms with Gasteiger partial charge in [0.15, 0.2) is 6.54 Å². The number of imidazole rings is 1. The number of aromatic nitrogens is 2. The Hall–Kier alpha value is -1.32. The molecule has 1 aromatic rings. The van der Waals surface area contributed by atoms with Crippen LogP contribution in [0.25, 0.3) is 0 Å². The Morgan fingerprint density at radius 3 is 2.58 bits per heavy atom. The summed E-state index contributed by atoms with van der Waals surface area (Å²) in [6.07, 6.45) is 8.86. The van der Waals surface area contributed by atoms with Crippen molar-refractivity contribution in [2.75, 3.05) is 0 Å². The highest BCUT2D eigenvalue weighted by molar-refractivity contribution is 5.64. The van der Waals surface area contributed by atoms with Gasteiger partial charge in [0, 0.05) is 13.3 Å². The van der Waals surface area contributed by atoms with Crippen molar-refractivity contribution in [2.24, 2.45) is 0 Å². The second-order valence-electron chi connectivity index (χ2n) is 5.17. The Morgan fingerprint density at radius 1 is 1.26 bits per heavy atom. The molecule has 1 N–H and O–H groups in total. The largest absolute Gasteiger partial charge is 0.478 e. The fourth-order valence-electron chi connectivity index (χ4n) is 2.53. The van der Waals surface area contributed by atoms with Crippen LogP contribution in [0, 0.1) is 6.92 Å². The SMILES string of the molecule is CCCCCCc1n(CCC)c(C)c[n+]1CC(=O)O. The molecule has 4 nitrogen and oxygen atoms in total. The van der Waals surface area contributed by atoms with Crippen molar-refractivity contribution in [3.05, 3.63) is 17.7 Å². The van der Waals surface area contributed by atoms with Gasteiger partial charge in [-0.05, 0) is 12.8 Å². The zero-order valence-electron chi connectivity index (χ0n) is 12.5. The predicted molar refractivity (Wildman–Crippen MR) is 75.1 cm³/mol. The highest BCUT2D eigenvalue weighted by Gasteiger charge is 2.21. The van der Waals surface area contributed by atoms with E-state index in [4.69, 9.17) is 5.11 Å². The number of unbranched alkanes of at least 4 members (excludes halogenated alkanes) is 3. The van der Waals surface area contributed by atoms with Crippen LogP contribution in [0.15, 0.2) is 6.20 Å². The lowest BCUT2D eigenvalue weighted by molar-refractivity contribution is -0.693. The van der Waals surface area contributed by atoms with Gasteiger partial charge in [-0.1, -0.05) is 33.1 Å². The van der Waals surface area contributed by atoms with Gasteiger partial charge in [-0.25, -0.2) is 13.9 Å². The smallest absolute Gasteiger partial charge is 0.346 e. The number of carboxylic acids is 1. The highest BCUT2D eigenvalue weighted by atomic mass is 16.4. The Morgan fingerprint density at radius 2 is 2.00 bits per heavy atom. The Bertz CT molecular complexity index is 411. The zero-order valence-corrected chi connectivity index (χ0v) is 12.5. The lowest BCUT2D eigenvalue weighted by atomic mass is 10.1. The van der Waals surface area contributed by atoms with Gasteiger partial charge in [-0.3, -0.25) is 0 Å². The summed E-state index contributed by atoms with van der Waals surface area (Å²) in [5.74, 6) is 0.395. The Kier molecular flexibility index (Phi) is 6.60. The number of aliphatic carboxylic acids is 1. The average Bonchev–Trinajstić information content (AvgIpc) is 2.62. The lowest BCUT2D eigenvalue weighted by Gasteiger charge is -2.04. The van der Waals surface area contributed by atoms with Gasteiger partial charge in [0.05, 0.1) is 6.54 Å². The Labute approximate surface area is 116 Å². The van der Waals surface area contributed by atoms with Crippen molar-refractivity contribution in [3.8, 4) is 0 Å². The molecule has 108 valence electrons. The van der Waals surface area contributed by atoms with E-state index < -0.39 is 5.97 Å². The molecule has 0 saturated carbocycles. The van der Waals surface area contributed by atoms with Crippen molar-refractivity contribution in [3.63, 3.8) is 0 Å². The van der Waals surface area contributed by atoms with E-state index in [0.29, 0.717) is 0 Å². The molecule has 0 saturated heterocycles. The maximum atomic E-state index is 10.9. The molecule has 0 aliphatic heterocycles. The molecule has 0 amide bonds. The zero-order chi connectivity index (χ0) is 14.3. The van der Waals surface area contributed by atoms with Gasteiger partial charge in [-0.2, -0.15) is 0 Å². The van der Waals surface area contributed by atoms with E-state index in [0.717, 1.165) is 37.3 Å². The minimum Gasteiger partial charge on any atom is -0.478 e. The Balaban J connectivity index is 2.84. The summed E-state index contributed by atoms with van der Waals surface area (Å²) < 4.78 is 4.17. The predicted octanol–water partition coefficient (Wildman–Crippen LogP) is 2.70. The fourth-order valence-corrected chi connectivity index (χ4v) is 2.53. The van der Waals surface area contributed by atoms with Crippen LogP contribution >= 0.6 is 0 Å². The van der Waals surface area contributed by atoms with Crippen LogP contribution in [-0.2, 0) is 24.3 Å². The van der Waals surface area contributed by atoms with Gasteiger partial charge in [0.25, 0.3) is 5.82 Å². The van der Waals surface area contributed by atoms with E-state index in [9.17, 15) is 4.79 Å². The summed E-state index contributed by atoms with van der Waals surface area (Å²) in [7, 11) is 0. The van der Waals surface area contributed by atoms with Crippen molar-refractivity contribution in [1.82, 2.24) is 4.57 Å². The third-order valence-electron chi connectivity index (χ3n) is 3.42. The number of aryl methyl sites for hydroxylation is 1. The highest BCUT2D eigenvalue weighted by Crippen LogP contribution is 2.09. The third kappa shape index (κ3) is 4.69. The fraction of sp³-hybridized carbons (Fsp3) is 0.733. The van der Waals surface area contributed by atoms with E-state index in [-0.39, 0.29) is 6.54 Å². The van der Waals surface area contributed by atoms with E-state index in [1.165, 1.54) is 19.3 Å². The van der Waals surface area contributed by atoms with Crippen LogP contribution in [-0.4, -0.2) is 15.6 Å². The third-order valence-corrected chi connectivity index (χ3v) is 3.42. The molecular formula is C15H27N2O2+. The molecule has 0 radical (unpaired) electrons. The quantitative estimate of drug-likeness (QED) is 0.552. The van der Waals surface area contributed by atoms with E-state index >= 15 is 0 Å². The molecule has 0 atom stereocenters. The van der Waals surface area contributed by atoms with Crippen LogP contribution < -0.4 is 4.57 Å². The first-order valence-electron chi connectivity index (χ1n) is 7.40. The van der Waals surface area contributed by atoms with Crippen LogP contribution in [0.4, 0.5) is 0 Å². The summed E-state index contributed by atoms with van der Waals surface area (Å²) in [5.41, 5.74) is 1.16. The second-order valence-corrected chi connectivity index (χ2v) is 5.17. The lowest BCUT2D eigenvalue weighted by Crippen LogP contribution is -2.40. The molecule has 0 bridgehead atoms. The number of carboxylic acid groups (broad SMARTS) is 1. The first-order valence-corrected chi connectivity index (χ1v) is 7.40. The molecule has 19 heavy (non-hydrogen) atoms. The van der Waals surface area contributed by atoms with E-state index in [1.54, 1.807) is 0 Å². The molecule has 0 aliphatic carbocycles. The number of hydrogen-bond donors (Lipinski definition) is 1. The standard InChI is InChI=1S/C15H26N2O2/c1-4-6-7-8-9-14-16(12-15(18)19)11-13(3)17(14)10-5-2/h11H,4-10,12H2,1-3H3/p+1. The molecule has 0 fully saturated rings. The number of carbonyl (C=O) groups is 1. The summed E-state index contributed by atoms with van der Waals surface area (Å²) in [6, 6.07) is 0. The van der Waals surface area contributed by atoms with Crippen LogP contribution in [0.3, 0.4) is 0 Å². The van der Waals surface area contributed by atoms with Gasteiger partial charge in [-0.15, -0.1) is 0 Å². The van der Waals surface area contributed by atoms with Gasteiger partial charge in [0.2, 0.25) is 0 Å². The van der Waals surface area contributed by atoms with Crippen molar-refractivity contribution in [2.45, 2.75) is 72.4 Å². The minimum atomic E-state index is -0.770. The minimum absolute atomic E-state index is 0.0701. The molecule has 1 heterocycles. The molecule has 1 aromatic heterocycles. The summed E-state index contributed by atoms with van der Waals surface area (Å²) in [5, 5.41) is 9.00. The first-order chi connectivity index (χ1) is 9.10. The summed E-state index contributed by atoms with van der Waals surface area (Å²) in [4.78, 5) is 10.9. The van der Waals surface area contributed by atoms with Crippen molar-refractivity contribution >= 4 is 5.97 Å². The molecule has 0 aromatic carbocycles. The van der Waals surface area contributed by atoms with E-state index in [2.05, 4.69) is 25.3 Å². The summed E-state index contributed by atoms with van der Waals surface area (Å²) in [6.45, 7) is 7.46. The van der Waals surface area contributed by atoms with Gasteiger partial charge in [0.1, 0.15) is 11.9 Å². The molecule has 0 aliphatic rings. The van der Waals surface area contributed by atoms with Gasteiger partial charge < -0.3 is 5.11 Å². The molecular weight excluding hydrogens is 240 g/mol.